The molecule has 1 atom stereocenters. The van der Waals surface area contributed by atoms with Crippen LogP contribution in [0.15, 0.2) is 0 Å². The molecule has 1 saturated carbocycles. The molecule has 1 aliphatic carbocycles. The van der Waals surface area contributed by atoms with Crippen molar-refractivity contribution in [2.45, 2.75) is 51.4 Å². The second kappa shape index (κ2) is 5.50. The molecule has 2 heterocycles. The van der Waals surface area contributed by atoms with E-state index >= 15 is 0 Å². The van der Waals surface area contributed by atoms with E-state index in [1.165, 1.54) is 77.5 Å². The van der Waals surface area contributed by atoms with Crippen LogP contribution in [0.3, 0.4) is 0 Å². The first kappa shape index (κ1) is 12.9. The molecule has 1 unspecified atom stereocenters. The molecule has 1 N–H and O–H groups in total. The summed E-state index contributed by atoms with van der Waals surface area (Å²) in [6, 6.07) is 0. The summed E-state index contributed by atoms with van der Waals surface area (Å²) in [5.74, 6) is 2.04. The van der Waals surface area contributed by atoms with E-state index in [4.69, 9.17) is 0 Å². The highest BCUT2D eigenvalue weighted by Crippen LogP contribution is 2.51. The normalized spacial score (nSPS) is 37.2. The molecule has 3 aliphatic rings. The van der Waals surface area contributed by atoms with Crippen LogP contribution in [0.1, 0.15) is 51.4 Å². The Labute approximate surface area is 113 Å². The molecule has 0 radical (unpaired) electrons. The maximum absolute atomic E-state index is 3.75. The Hall–Kier alpha value is -0.0800. The van der Waals surface area contributed by atoms with Crippen molar-refractivity contribution in [1.29, 1.82) is 0 Å². The Morgan fingerprint density at radius 3 is 2.22 bits per heavy atom. The lowest BCUT2D eigenvalue weighted by atomic mass is 9.59. The summed E-state index contributed by atoms with van der Waals surface area (Å²) in [5.41, 5.74) is 0.677. The van der Waals surface area contributed by atoms with E-state index in [9.17, 15) is 0 Å². The SMILES string of the molecule is CN1CCC(C2(C3CCCC3)CCCNC2)CC1. The van der Waals surface area contributed by atoms with Crippen LogP contribution in [-0.4, -0.2) is 38.1 Å². The number of hydrogen-bond donors (Lipinski definition) is 1. The number of piperidine rings is 2. The van der Waals surface area contributed by atoms with Gasteiger partial charge < -0.3 is 10.2 Å². The van der Waals surface area contributed by atoms with Gasteiger partial charge in [0.25, 0.3) is 0 Å². The van der Waals surface area contributed by atoms with Crippen molar-refractivity contribution in [2.24, 2.45) is 17.3 Å². The lowest BCUT2D eigenvalue weighted by Gasteiger charge is -2.50. The smallest absolute Gasteiger partial charge is 0.00131 e. The van der Waals surface area contributed by atoms with Crippen molar-refractivity contribution >= 4 is 0 Å². The molecule has 0 aromatic carbocycles. The fourth-order valence-electron chi connectivity index (χ4n) is 5.07. The van der Waals surface area contributed by atoms with Crippen molar-refractivity contribution < 1.29 is 0 Å². The van der Waals surface area contributed by atoms with E-state index in [2.05, 4.69) is 17.3 Å². The molecule has 3 fully saturated rings. The van der Waals surface area contributed by atoms with Crippen molar-refractivity contribution in [3.8, 4) is 0 Å². The van der Waals surface area contributed by atoms with Crippen LogP contribution < -0.4 is 5.32 Å². The summed E-state index contributed by atoms with van der Waals surface area (Å²) in [6.07, 6.45) is 11.9. The molecule has 2 saturated heterocycles. The monoisotopic (exact) mass is 250 g/mol. The van der Waals surface area contributed by atoms with E-state index in [1.54, 1.807) is 0 Å². The summed E-state index contributed by atoms with van der Waals surface area (Å²) in [7, 11) is 2.29. The fraction of sp³-hybridized carbons (Fsp3) is 1.00. The van der Waals surface area contributed by atoms with Crippen LogP contribution in [0.4, 0.5) is 0 Å². The molecule has 0 amide bonds. The zero-order chi connectivity index (χ0) is 12.4. The van der Waals surface area contributed by atoms with Crippen LogP contribution >= 0.6 is 0 Å². The summed E-state index contributed by atoms with van der Waals surface area (Å²) >= 11 is 0. The highest BCUT2D eigenvalue weighted by Gasteiger charge is 2.46. The van der Waals surface area contributed by atoms with Crippen LogP contribution in [0.5, 0.6) is 0 Å². The van der Waals surface area contributed by atoms with Crippen molar-refractivity contribution in [3.63, 3.8) is 0 Å². The number of nitrogens with one attached hydrogen (secondary N) is 1. The third kappa shape index (κ3) is 2.34. The molecular weight excluding hydrogens is 220 g/mol. The van der Waals surface area contributed by atoms with Gasteiger partial charge in [-0.05, 0) is 82.5 Å². The van der Waals surface area contributed by atoms with E-state index in [-0.39, 0.29) is 0 Å². The molecule has 18 heavy (non-hydrogen) atoms. The van der Waals surface area contributed by atoms with Crippen LogP contribution in [0.2, 0.25) is 0 Å². The number of nitrogens with zero attached hydrogens (tertiary/aromatic N) is 1. The third-order valence-electron chi connectivity index (χ3n) is 6.15. The van der Waals surface area contributed by atoms with Gasteiger partial charge in [0.05, 0.1) is 0 Å². The average molecular weight is 250 g/mol. The number of rotatable bonds is 2. The van der Waals surface area contributed by atoms with Crippen LogP contribution in [0.25, 0.3) is 0 Å². The average Bonchev–Trinajstić information content (AvgIpc) is 2.95. The first-order valence-corrected chi connectivity index (χ1v) is 8.20. The van der Waals surface area contributed by atoms with Crippen molar-refractivity contribution in [2.75, 3.05) is 33.2 Å². The van der Waals surface area contributed by atoms with Gasteiger partial charge >= 0.3 is 0 Å². The van der Waals surface area contributed by atoms with Crippen LogP contribution in [0, 0.1) is 17.3 Å². The minimum atomic E-state index is 0.677. The summed E-state index contributed by atoms with van der Waals surface area (Å²) in [5, 5.41) is 3.75. The summed E-state index contributed by atoms with van der Waals surface area (Å²) in [6.45, 7) is 5.26. The highest BCUT2D eigenvalue weighted by molar-refractivity contribution is 4.98. The first-order chi connectivity index (χ1) is 8.81. The minimum Gasteiger partial charge on any atom is -0.316 e. The molecule has 3 rings (SSSR count). The second-order valence-electron chi connectivity index (χ2n) is 7.07. The van der Waals surface area contributed by atoms with Gasteiger partial charge in [-0.1, -0.05) is 12.8 Å². The first-order valence-electron chi connectivity index (χ1n) is 8.20. The van der Waals surface area contributed by atoms with Gasteiger partial charge in [-0.3, -0.25) is 0 Å². The van der Waals surface area contributed by atoms with Gasteiger partial charge in [-0.2, -0.15) is 0 Å². The molecule has 2 aliphatic heterocycles. The molecule has 0 aromatic rings. The largest absolute Gasteiger partial charge is 0.316 e. The molecule has 0 spiro atoms. The van der Waals surface area contributed by atoms with Crippen molar-refractivity contribution in [3.05, 3.63) is 0 Å². The van der Waals surface area contributed by atoms with Gasteiger partial charge in [0.2, 0.25) is 0 Å². The lowest BCUT2D eigenvalue weighted by Crippen LogP contribution is -2.51. The van der Waals surface area contributed by atoms with Gasteiger partial charge in [-0.25, -0.2) is 0 Å². The molecule has 0 bridgehead atoms. The molecule has 2 nitrogen and oxygen atoms in total. The fourth-order valence-corrected chi connectivity index (χ4v) is 5.07. The molecule has 0 aromatic heterocycles. The zero-order valence-corrected chi connectivity index (χ0v) is 12.1. The summed E-state index contributed by atoms with van der Waals surface area (Å²) in [4.78, 5) is 2.52. The van der Waals surface area contributed by atoms with E-state index in [0.29, 0.717) is 5.41 Å². The zero-order valence-electron chi connectivity index (χ0n) is 12.1. The van der Waals surface area contributed by atoms with Crippen molar-refractivity contribution in [1.82, 2.24) is 10.2 Å². The standard InChI is InChI=1S/C16H30N2/c1-18-11-7-15(8-12-18)16(9-4-10-17-13-16)14-5-2-3-6-14/h14-15,17H,2-13H2,1H3. The predicted molar refractivity (Wildman–Crippen MR) is 76.7 cm³/mol. The third-order valence-corrected chi connectivity index (χ3v) is 6.15. The van der Waals surface area contributed by atoms with Crippen LogP contribution in [-0.2, 0) is 0 Å². The Morgan fingerprint density at radius 2 is 1.61 bits per heavy atom. The lowest BCUT2D eigenvalue weighted by molar-refractivity contribution is 0.00656. The predicted octanol–water partition coefficient (Wildman–Crippen LogP) is 2.89. The Balaban J connectivity index is 1.75. The molecular formula is C16H30N2. The highest BCUT2D eigenvalue weighted by atomic mass is 15.1. The number of hydrogen-bond acceptors (Lipinski definition) is 2. The molecule has 2 heteroatoms. The van der Waals surface area contributed by atoms with E-state index in [1.807, 2.05) is 0 Å². The van der Waals surface area contributed by atoms with E-state index < -0.39 is 0 Å². The maximum Gasteiger partial charge on any atom is 0.00131 e. The quantitative estimate of drug-likeness (QED) is 0.810. The van der Waals surface area contributed by atoms with Gasteiger partial charge in [-0.15, -0.1) is 0 Å². The Morgan fingerprint density at radius 1 is 0.944 bits per heavy atom. The van der Waals surface area contributed by atoms with Gasteiger partial charge in [0.15, 0.2) is 0 Å². The molecule has 104 valence electrons. The maximum atomic E-state index is 3.75. The Kier molecular flexibility index (Phi) is 3.95. The topological polar surface area (TPSA) is 15.3 Å². The van der Waals surface area contributed by atoms with Gasteiger partial charge in [0, 0.05) is 6.54 Å². The Bertz CT molecular complexity index is 256. The second-order valence-corrected chi connectivity index (χ2v) is 7.07. The van der Waals surface area contributed by atoms with Gasteiger partial charge in [0.1, 0.15) is 0 Å². The van der Waals surface area contributed by atoms with E-state index in [0.717, 1.165) is 11.8 Å². The minimum absolute atomic E-state index is 0.677. The summed E-state index contributed by atoms with van der Waals surface area (Å²) < 4.78 is 0. The number of likely N-dealkylation sites (tertiary alicyclic amines) is 1.